The van der Waals surface area contributed by atoms with Gasteiger partial charge in [0.15, 0.2) is 0 Å². The Bertz CT molecular complexity index is 854. The third kappa shape index (κ3) is 3.09. The van der Waals surface area contributed by atoms with Gasteiger partial charge in [-0.1, -0.05) is 6.07 Å². The molecular formula is C13H13N3O5S. The molecule has 116 valence electrons. The number of rotatable bonds is 5. The summed E-state index contributed by atoms with van der Waals surface area (Å²) in [5.41, 5.74) is 5.23. The number of aromatic carboxylic acids is 1. The van der Waals surface area contributed by atoms with Crippen molar-refractivity contribution in [1.29, 1.82) is 0 Å². The number of carbonyl (C=O) groups excluding carboxylic acids is 1. The van der Waals surface area contributed by atoms with E-state index in [1.165, 1.54) is 42.1 Å². The molecule has 1 aromatic carbocycles. The summed E-state index contributed by atoms with van der Waals surface area (Å²) in [5, 5.41) is 8.89. The number of aryl methyl sites for hydroxylation is 1. The van der Waals surface area contributed by atoms with Crippen LogP contribution in [0.4, 0.5) is 5.69 Å². The monoisotopic (exact) mass is 323 g/mol. The van der Waals surface area contributed by atoms with Gasteiger partial charge in [-0.05, 0) is 24.3 Å². The van der Waals surface area contributed by atoms with Crippen molar-refractivity contribution in [2.75, 3.05) is 4.72 Å². The normalized spacial score (nSPS) is 11.1. The van der Waals surface area contributed by atoms with Crippen molar-refractivity contribution >= 4 is 27.6 Å². The summed E-state index contributed by atoms with van der Waals surface area (Å²) >= 11 is 0. The molecule has 0 aliphatic heterocycles. The Morgan fingerprint density at radius 2 is 1.95 bits per heavy atom. The molecule has 0 fully saturated rings. The number of carboxylic acid groups (broad SMARTS) is 1. The highest BCUT2D eigenvalue weighted by molar-refractivity contribution is 7.92. The van der Waals surface area contributed by atoms with E-state index >= 15 is 0 Å². The minimum Gasteiger partial charge on any atom is -0.478 e. The van der Waals surface area contributed by atoms with Gasteiger partial charge >= 0.3 is 5.97 Å². The highest BCUT2D eigenvalue weighted by Gasteiger charge is 2.20. The SMILES string of the molecule is Cn1cc(S(=O)(=O)Nc2cccc(C(=O)O)c2)cc1C(N)=O. The first-order valence-corrected chi connectivity index (χ1v) is 7.51. The average Bonchev–Trinajstić information content (AvgIpc) is 2.81. The molecule has 0 saturated heterocycles. The predicted octanol–water partition coefficient (Wildman–Crippen LogP) is 0.623. The number of carbonyl (C=O) groups is 2. The Hall–Kier alpha value is -2.81. The van der Waals surface area contributed by atoms with Gasteiger partial charge in [-0.3, -0.25) is 9.52 Å². The van der Waals surface area contributed by atoms with Crippen molar-refractivity contribution in [3.63, 3.8) is 0 Å². The molecule has 0 saturated carbocycles. The minimum atomic E-state index is -3.96. The summed E-state index contributed by atoms with van der Waals surface area (Å²) in [6.07, 6.45) is 1.24. The Morgan fingerprint density at radius 1 is 1.27 bits per heavy atom. The molecule has 0 unspecified atom stereocenters. The number of carboxylic acids is 1. The largest absolute Gasteiger partial charge is 0.478 e. The zero-order valence-electron chi connectivity index (χ0n) is 11.5. The van der Waals surface area contributed by atoms with Crippen LogP contribution in [-0.2, 0) is 17.1 Å². The molecule has 8 nitrogen and oxygen atoms in total. The molecule has 1 heterocycles. The molecular weight excluding hydrogens is 310 g/mol. The Labute approximate surface area is 126 Å². The number of hydrogen-bond acceptors (Lipinski definition) is 4. The van der Waals surface area contributed by atoms with Gasteiger partial charge in [0.1, 0.15) is 10.6 Å². The van der Waals surface area contributed by atoms with E-state index in [1.807, 2.05) is 0 Å². The first-order chi connectivity index (χ1) is 10.2. The fourth-order valence-electron chi connectivity index (χ4n) is 1.86. The number of hydrogen-bond donors (Lipinski definition) is 3. The van der Waals surface area contributed by atoms with Crippen molar-refractivity contribution < 1.29 is 23.1 Å². The molecule has 1 amide bonds. The second-order valence-electron chi connectivity index (χ2n) is 4.53. The van der Waals surface area contributed by atoms with Crippen LogP contribution >= 0.6 is 0 Å². The summed E-state index contributed by atoms with van der Waals surface area (Å²) in [7, 11) is -2.47. The highest BCUT2D eigenvalue weighted by atomic mass is 32.2. The van der Waals surface area contributed by atoms with Gasteiger partial charge in [-0.25, -0.2) is 13.2 Å². The van der Waals surface area contributed by atoms with E-state index in [4.69, 9.17) is 10.8 Å². The van der Waals surface area contributed by atoms with Crippen molar-refractivity contribution in [2.24, 2.45) is 12.8 Å². The van der Waals surface area contributed by atoms with Crippen molar-refractivity contribution in [1.82, 2.24) is 4.57 Å². The molecule has 1 aromatic heterocycles. The number of benzene rings is 1. The van der Waals surface area contributed by atoms with Gasteiger partial charge in [0, 0.05) is 18.9 Å². The molecule has 0 bridgehead atoms. The van der Waals surface area contributed by atoms with Crippen LogP contribution in [-0.4, -0.2) is 30.0 Å². The molecule has 9 heteroatoms. The van der Waals surface area contributed by atoms with Gasteiger partial charge < -0.3 is 15.4 Å². The topological polar surface area (TPSA) is 131 Å². The summed E-state index contributed by atoms with van der Waals surface area (Å²) in [4.78, 5) is 21.9. The van der Waals surface area contributed by atoms with Crippen LogP contribution in [0.15, 0.2) is 41.4 Å². The van der Waals surface area contributed by atoms with E-state index in [2.05, 4.69) is 4.72 Å². The zero-order chi connectivity index (χ0) is 16.5. The van der Waals surface area contributed by atoms with Crippen LogP contribution in [0.25, 0.3) is 0 Å². The van der Waals surface area contributed by atoms with Crippen molar-refractivity contribution in [3.8, 4) is 0 Å². The fourth-order valence-corrected chi connectivity index (χ4v) is 2.97. The summed E-state index contributed by atoms with van der Waals surface area (Å²) in [6.45, 7) is 0. The number of nitrogens with one attached hydrogen (secondary N) is 1. The van der Waals surface area contributed by atoms with E-state index in [-0.39, 0.29) is 21.8 Å². The van der Waals surface area contributed by atoms with E-state index in [9.17, 15) is 18.0 Å². The smallest absolute Gasteiger partial charge is 0.335 e. The molecule has 0 aliphatic rings. The van der Waals surface area contributed by atoms with E-state index in [0.717, 1.165) is 6.07 Å². The van der Waals surface area contributed by atoms with Crippen LogP contribution in [0.5, 0.6) is 0 Å². The van der Waals surface area contributed by atoms with Crippen molar-refractivity contribution in [2.45, 2.75) is 4.90 Å². The maximum absolute atomic E-state index is 12.2. The molecule has 0 aliphatic carbocycles. The standard InChI is InChI=1S/C13H13N3O5S/c1-16-7-10(6-11(16)12(14)17)22(20,21)15-9-4-2-3-8(5-9)13(18)19/h2-7,15H,1H3,(H2,14,17)(H,18,19). The van der Waals surface area contributed by atoms with Crippen LogP contribution in [0.3, 0.4) is 0 Å². The zero-order valence-corrected chi connectivity index (χ0v) is 12.3. The second kappa shape index (κ2) is 5.53. The maximum atomic E-state index is 12.2. The Balaban J connectivity index is 2.36. The number of aromatic nitrogens is 1. The van der Waals surface area contributed by atoms with Gasteiger partial charge in [0.25, 0.3) is 15.9 Å². The van der Waals surface area contributed by atoms with Crippen LogP contribution in [0.2, 0.25) is 0 Å². The molecule has 0 spiro atoms. The first kappa shape index (κ1) is 15.6. The van der Waals surface area contributed by atoms with Crippen LogP contribution < -0.4 is 10.5 Å². The van der Waals surface area contributed by atoms with Gasteiger partial charge in [0.2, 0.25) is 0 Å². The minimum absolute atomic E-state index is 0.0414. The lowest BCUT2D eigenvalue weighted by Gasteiger charge is -2.07. The molecule has 4 N–H and O–H groups in total. The quantitative estimate of drug-likeness (QED) is 0.742. The van der Waals surface area contributed by atoms with E-state index < -0.39 is 21.9 Å². The van der Waals surface area contributed by atoms with Crippen molar-refractivity contribution in [3.05, 3.63) is 47.8 Å². The predicted molar refractivity (Wildman–Crippen MR) is 78.1 cm³/mol. The number of amides is 1. The third-order valence-corrected chi connectivity index (χ3v) is 4.25. The lowest BCUT2D eigenvalue weighted by molar-refractivity contribution is 0.0696. The summed E-state index contributed by atoms with van der Waals surface area (Å²) < 4.78 is 28.0. The molecule has 2 aromatic rings. The van der Waals surface area contributed by atoms with Gasteiger partial charge in [-0.15, -0.1) is 0 Å². The van der Waals surface area contributed by atoms with Crippen LogP contribution in [0, 0.1) is 0 Å². The van der Waals surface area contributed by atoms with E-state index in [0.29, 0.717) is 0 Å². The lowest BCUT2D eigenvalue weighted by Crippen LogP contribution is -2.14. The number of nitrogens with zero attached hydrogens (tertiary/aromatic N) is 1. The molecule has 22 heavy (non-hydrogen) atoms. The Kier molecular flexibility index (Phi) is 3.91. The average molecular weight is 323 g/mol. The molecule has 2 rings (SSSR count). The fraction of sp³-hybridized carbons (Fsp3) is 0.0769. The lowest BCUT2D eigenvalue weighted by atomic mass is 10.2. The number of primary amides is 1. The number of nitrogens with two attached hydrogens (primary N) is 1. The summed E-state index contributed by atoms with van der Waals surface area (Å²) in [5.74, 6) is -1.92. The Morgan fingerprint density at radius 3 is 2.50 bits per heavy atom. The highest BCUT2D eigenvalue weighted by Crippen LogP contribution is 2.19. The molecule has 0 radical (unpaired) electrons. The van der Waals surface area contributed by atoms with E-state index in [1.54, 1.807) is 0 Å². The van der Waals surface area contributed by atoms with Gasteiger partial charge in [-0.2, -0.15) is 0 Å². The number of sulfonamides is 1. The first-order valence-electron chi connectivity index (χ1n) is 6.03. The number of anilines is 1. The summed E-state index contributed by atoms with van der Waals surface area (Å²) in [6, 6.07) is 6.51. The maximum Gasteiger partial charge on any atom is 0.335 e. The van der Waals surface area contributed by atoms with Crippen LogP contribution in [0.1, 0.15) is 20.8 Å². The second-order valence-corrected chi connectivity index (χ2v) is 6.21. The molecule has 0 atom stereocenters. The van der Waals surface area contributed by atoms with Gasteiger partial charge in [0.05, 0.1) is 5.56 Å². The third-order valence-electron chi connectivity index (χ3n) is 2.90.